The number of hydrogen-bond acceptors (Lipinski definition) is 8. The van der Waals surface area contributed by atoms with Crippen molar-refractivity contribution < 1.29 is 35.8 Å². The summed E-state index contributed by atoms with van der Waals surface area (Å²) in [6.07, 6.45) is 2.62. The van der Waals surface area contributed by atoms with E-state index in [-0.39, 0.29) is 32.0 Å². The summed E-state index contributed by atoms with van der Waals surface area (Å²) in [5, 5.41) is 2.87. The predicted molar refractivity (Wildman–Crippen MR) is 160 cm³/mol. The molecule has 0 unspecified atom stereocenters. The molecule has 1 N–H and O–H groups in total. The number of methoxy groups -OCH3 is 3. The van der Waals surface area contributed by atoms with Crippen LogP contribution in [0.2, 0.25) is 5.02 Å². The Balaban J connectivity index is 1.63. The third-order valence-electron chi connectivity index (χ3n) is 6.73. The minimum absolute atomic E-state index is 0.0397. The van der Waals surface area contributed by atoms with Crippen molar-refractivity contribution in [2.75, 3.05) is 50.6 Å². The lowest BCUT2D eigenvalue weighted by Crippen LogP contribution is -2.38. The molecule has 1 saturated heterocycles. The molecule has 1 heterocycles. The molecule has 0 atom stereocenters. The van der Waals surface area contributed by atoms with Crippen molar-refractivity contribution in [3.63, 3.8) is 0 Å². The number of carbonyl (C=O) groups excluding carboxylic acids is 1. The Labute approximate surface area is 251 Å². The summed E-state index contributed by atoms with van der Waals surface area (Å²) in [7, 11) is -3.85. The van der Waals surface area contributed by atoms with E-state index in [1.807, 2.05) is 0 Å². The predicted octanol–water partition coefficient (Wildman–Crippen LogP) is 4.37. The molecular weight excluding hydrogens is 606 g/mol. The second-order valence-corrected chi connectivity index (χ2v) is 13.6. The van der Waals surface area contributed by atoms with Gasteiger partial charge < -0.3 is 19.5 Å². The van der Waals surface area contributed by atoms with E-state index in [4.69, 9.17) is 25.8 Å². The van der Waals surface area contributed by atoms with Gasteiger partial charge in [-0.3, -0.25) is 9.10 Å². The van der Waals surface area contributed by atoms with Crippen LogP contribution in [0, 0.1) is 0 Å². The zero-order chi connectivity index (χ0) is 30.5. The first-order valence-corrected chi connectivity index (χ1v) is 16.3. The highest BCUT2D eigenvalue weighted by Gasteiger charge is 2.31. The van der Waals surface area contributed by atoms with E-state index in [0.717, 1.165) is 23.6 Å². The van der Waals surface area contributed by atoms with Gasteiger partial charge in [-0.2, -0.15) is 4.31 Å². The third kappa shape index (κ3) is 6.75. The summed E-state index contributed by atoms with van der Waals surface area (Å²) in [5.74, 6) is -0.0105. The number of ether oxygens (including phenoxy) is 3. The Morgan fingerprint density at radius 2 is 1.40 bits per heavy atom. The highest BCUT2D eigenvalue weighted by atomic mass is 35.5. The Hall–Kier alpha value is -3.52. The molecule has 1 fully saturated rings. The van der Waals surface area contributed by atoms with Crippen LogP contribution in [0.25, 0.3) is 0 Å². The van der Waals surface area contributed by atoms with Crippen LogP contribution in [0.3, 0.4) is 0 Å². The van der Waals surface area contributed by atoms with Crippen molar-refractivity contribution in [1.82, 2.24) is 4.31 Å². The zero-order valence-corrected chi connectivity index (χ0v) is 25.8. The SMILES string of the molecule is COc1ccc(S(=O)(=O)N(CC(=O)Nc2ccc(S(=O)(=O)N3CCCCC3)cc2)c2cc(Cl)ccc2OC)cc1OC. The first-order chi connectivity index (χ1) is 20.0. The molecular formula is C28H32ClN3O8S2. The molecule has 11 nitrogen and oxygen atoms in total. The molecule has 226 valence electrons. The summed E-state index contributed by atoms with van der Waals surface area (Å²) in [4.78, 5) is 13.2. The number of rotatable bonds is 11. The second-order valence-electron chi connectivity index (χ2n) is 9.38. The van der Waals surface area contributed by atoms with Crippen LogP contribution in [0.15, 0.2) is 70.5 Å². The fourth-order valence-electron chi connectivity index (χ4n) is 4.56. The minimum atomic E-state index is -4.37. The van der Waals surface area contributed by atoms with Crippen molar-refractivity contribution in [2.24, 2.45) is 0 Å². The maximum Gasteiger partial charge on any atom is 0.265 e. The largest absolute Gasteiger partial charge is 0.495 e. The van der Waals surface area contributed by atoms with Gasteiger partial charge in [0.25, 0.3) is 10.0 Å². The first-order valence-electron chi connectivity index (χ1n) is 13.0. The van der Waals surface area contributed by atoms with Crippen molar-refractivity contribution in [3.8, 4) is 17.2 Å². The molecule has 42 heavy (non-hydrogen) atoms. The van der Waals surface area contributed by atoms with E-state index >= 15 is 0 Å². The second kappa shape index (κ2) is 13.2. The minimum Gasteiger partial charge on any atom is -0.495 e. The van der Waals surface area contributed by atoms with Gasteiger partial charge in [0.1, 0.15) is 12.3 Å². The Kier molecular flexibility index (Phi) is 9.87. The Morgan fingerprint density at radius 1 is 0.810 bits per heavy atom. The third-order valence-corrected chi connectivity index (χ3v) is 10.6. The maximum absolute atomic E-state index is 14.0. The average molecular weight is 638 g/mol. The Bertz CT molecular complexity index is 1640. The fourth-order valence-corrected chi connectivity index (χ4v) is 7.68. The average Bonchev–Trinajstić information content (AvgIpc) is 3.00. The van der Waals surface area contributed by atoms with Crippen molar-refractivity contribution in [1.29, 1.82) is 0 Å². The summed E-state index contributed by atoms with van der Waals surface area (Å²) in [6.45, 7) is 0.289. The molecule has 1 aliphatic rings. The number of amides is 1. The molecule has 0 spiro atoms. The van der Waals surface area contributed by atoms with Gasteiger partial charge in [0.05, 0.1) is 36.8 Å². The molecule has 4 rings (SSSR count). The van der Waals surface area contributed by atoms with Crippen LogP contribution in [0.5, 0.6) is 17.2 Å². The van der Waals surface area contributed by atoms with E-state index in [9.17, 15) is 21.6 Å². The summed E-state index contributed by atoms with van der Waals surface area (Å²) in [6, 6.07) is 14.2. The van der Waals surface area contributed by atoms with Crippen LogP contribution in [-0.2, 0) is 24.8 Å². The lowest BCUT2D eigenvalue weighted by atomic mass is 10.2. The van der Waals surface area contributed by atoms with Gasteiger partial charge in [-0.1, -0.05) is 18.0 Å². The quantitative estimate of drug-likeness (QED) is 0.328. The van der Waals surface area contributed by atoms with Crippen molar-refractivity contribution in [2.45, 2.75) is 29.1 Å². The number of nitrogens with one attached hydrogen (secondary N) is 1. The van der Waals surface area contributed by atoms with Crippen molar-refractivity contribution in [3.05, 3.63) is 65.7 Å². The first kappa shape index (κ1) is 31.4. The molecule has 3 aromatic rings. The standard InChI is InChI=1S/C28H32ClN3O8S2/c1-38-25-13-7-20(29)17-24(25)32(42(36,37)23-12-14-26(39-2)27(18-23)40-3)19-28(33)30-21-8-10-22(11-9-21)41(34,35)31-15-5-4-6-16-31/h7-14,17-18H,4-6,15-16,19H2,1-3H3,(H,30,33). The van der Waals surface area contributed by atoms with Gasteiger partial charge in [-0.25, -0.2) is 16.8 Å². The fraction of sp³-hybridized carbons (Fsp3) is 0.321. The number of nitrogens with zero attached hydrogens (tertiary/aromatic N) is 2. The summed E-state index contributed by atoms with van der Waals surface area (Å²) in [5.41, 5.74) is 0.331. The maximum atomic E-state index is 14.0. The molecule has 0 radical (unpaired) electrons. The van der Waals surface area contributed by atoms with E-state index in [0.29, 0.717) is 24.5 Å². The molecule has 0 bridgehead atoms. The van der Waals surface area contributed by atoms with Crippen LogP contribution >= 0.6 is 11.6 Å². The number of anilines is 2. The number of piperidine rings is 1. The van der Waals surface area contributed by atoms with Gasteiger partial charge in [-0.15, -0.1) is 0 Å². The highest BCUT2D eigenvalue weighted by molar-refractivity contribution is 7.93. The van der Waals surface area contributed by atoms with Gasteiger partial charge in [-0.05, 0) is 67.4 Å². The van der Waals surface area contributed by atoms with E-state index in [1.54, 1.807) is 0 Å². The van der Waals surface area contributed by atoms with E-state index in [2.05, 4.69) is 5.32 Å². The molecule has 3 aromatic carbocycles. The molecule has 0 aliphatic carbocycles. The summed E-state index contributed by atoms with van der Waals surface area (Å²) >= 11 is 6.21. The summed E-state index contributed by atoms with van der Waals surface area (Å²) < 4.78 is 72.1. The normalized spacial score (nSPS) is 14.2. The monoisotopic (exact) mass is 637 g/mol. The van der Waals surface area contributed by atoms with Crippen molar-refractivity contribution >= 4 is 48.9 Å². The number of hydrogen-bond donors (Lipinski definition) is 1. The van der Waals surface area contributed by atoms with Crippen LogP contribution in [0.4, 0.5) is 11.4 Å². The molecule has 14 heteroatoms. The smallest absolute Gasteiger partial charge is 0.265 e. The van der Waals surface area contributed by atoms with Crippen LogP contribution < -0.4 is 23.8 Å². The number of carbonyl (C=O) groups is 1. The molecule has 1 amide bonds. The van der Waals surface area contributed by atoms with Gasteiger partial charge in [0.15, 0.2) is 11.5 Å². The Morgan fingerprint density at radius 3 is 2.02 bits per heavy atom. The topological polar surface area (TPSA) is 132 Å². The van der Waals surface area contributed by atoms with Crippen LogP contribution in [-0.4, -0.2) is 68.0 Å². The molecule has 0 aromatic heterocycles. The van der Waals surface area contributed by atoms with Gasteiger partial charge >= 0.3 is 0 Å². The number of benzene rings is 3. The lowest BCUT2D eigenvalue weighted by molar-refractivity contribution is -0.114. The van der Waals surface area contributed by atoms with E-state index in [1.165, 1.54) is 86.3 Å². The van der Waals surface area contributed by atoms with Gasteiger partial charge in [0, 0.05) is 29.9 Å². The molecule has 0 saturated carbocycles. The van der Waals surface area contributed by atoms with Crippen LogP contribution in [0.1, 0.15) is 19.3 Å². The lowest BCUT2D eigenvalue weighted by Gasteiger charge is -2.26. The number of sulfonamides is 2. The highest BCUT2D eigenvalue weighted by Crippen LogP contribution is 2.37. The van der Waals surface area contributed by atoms with E-state index < -0.39 is 32.5 Å². The number of halogens is 1. The molecule has 1 aliphatic heterocycles. The zero-order valence-electron chi connectivity index (χ0n) is 23.4. The van der Waals surface area contributed by atoms with Gasteiger partial charge in [0.2, 0.25) is 15.9 Å².